The van der Waals surface area contributed by atoms with Crippen LogP contribution in [0.4, 0.5) is 5.69 Å². The summed E-state index contributed by atoms with van der Waals surface area (Å²) in [6.07, 6.45) is 1.60. The molecule has 26 heavy (non-hydrogen) atoms. The maximum atomic E-state index is 11.9. The summed E-state index contributed by atoms with van der Waals surface area (Å²) in [6.45, 7) is 7.91. The van der Waals surface area contributed by atoms with Gasteiger partial charge in [0.2, 0.25) is 5.91 Å². The van der Waals surface area contributed by atoms with Crippen molar-refractivity contribution in [3.05, 3.63) is 29.3 Å². The van der Waals surface area contributed by atoms with Gasteiger partial charge >= 0.3 is 0 Å². The Labute approximate surface area is 160 Å². The quantitative estimate of drug-likeness (QED) is 0.630. The van der Waals surface area contributed by atoms with Crippen molar-refractivity contribution in [2.24, 2.45) is 16.6 Å². The van der Waals surface area contributed by atoms with Gasteiger partial charge in [-0.05, 0) is 30.7 Å². The Morgan fingerprint density at radius 2 is 1.92 bits per heavy atom. The average Bonchev–Trinajstić information content (AvgIpc) is 3.00. The highest BCUT2D eigenvalue weighted by molar-refractivity contribution is 6.30. The van der Waals surface area contributed by atoms with Crippen LogP contribution in [0, 0.1) is 5.92 Å². The fourth-order valence-corrected chi connectivity index (χ4v) is 3.76. The van der Waals surface area contributed by atoms with Gasteiger partial charge in [0.1, 0.15) is 0 Å². The molecule has 2 saturated heterocycles. The Morgan fingerprint density at radius 3 is 2.58 bits per heavy atom. The number of piperazine rings is 1. The third-order valence-corrected chi connectivity index (χ3v) is 5.35. The van der Waals surface area contributed by atoms with Gasteiger partial charge in [-0.1, -0.05) is 18.5 Å². The zero-order valence-electron chi connectivity index (χ0n) is 15.4. The Kier molecular flexibility index (Phi) is 6.25. The molecular weight excluding hydrogens is 350 g/mol. The van der Waals surface area contributed by atoms with Crippen molar-refractivity contribution in [3.63, 3.8) is 0 Å². The van der Waals surface area contributed by atoms with Crippen LogP contribution in [0.15, 0.2) is 29.3 Å². The number of nitrogens with two attached hydrogens (primary N) is 1. The maximum Gasteiger partial charge on any atom is 0.222 e. The smallest absolute Gasteiger partial charge is 0.222 e. The number of hydrogen-bond acceptors (Lipinski definition) is 3. The van der Waals surface area contributed by atoms with E-state index in [4.69, 9.17) is 17.3 Å². The van der Waals surface area contributed by atoms with Gasteiger partial charge in [0, 0.05) is 68.9 Å². The first kappa shape index (κ1) is 18.8. The minimum absolute atomic E-state index is 0.252. The molecule has 1 amide bonds. The fourth-order valence-electron chi connectivity index (χ4n) is 3.63. The number of hydrogen-bond donors (Lipinski definition) is 1. The minimum atomic E-state index is 0.252. The number of rotatable bonds is 5. The molecule has 0 bridgehead atoms. The van der Waals surface area contributed by atoms with Crippen LogP contribution in [-0.2, 0) is 4.79 Å². The van der Waals surface area contributed by atoms with Crippen LogP contribution in [0.2, 0.25) is 5.02 Å². The molecule has 0 aromatic heterocycles. The molecule has 0 spiro atoms. The van der Waals surface area contributed by atoms with Crippen molar-refractivity contribution < 1.29 is 4.79 Å². The topological polar surface area (TPSA) is 65.2 Å². The summed E-state index contributed by atoms with van der Waals surface area (Å²) in [4.78, 5) is 22.9. The van der Waals surface area contributed by atoms with E-state index in [1.165, 1.54) is 5.69 Å². The standard InChI is InChI=1S/C19H28ClN5O/c1-2-7-25-14-15(12-18(25)26)13-22-19(21)24-10-8-23(9-11-24)17-5-3-16(20)4-6-17/h3-6,15H,2,7-14H2,1H3,(H2,21,22). The number of anilines is 1. The van der Waals surface area contributed by atoms with Gasteiger partial charge in [-0.2, -0.15) is 0 Å². The molecule has 2 heterocycles. The predicted octanol–water partition coefficient (Wildman–Crippen LogP) is 2.04. The van der Waals surface area contributed by atoms with E-state index in [9.17, 15) is 4.79 Å². The SMILES string of the molecule is CCCN1CC(CN=C(N)N2CCN(c3ccc(Cl)cc3)CC2)CC1=O. The normalized spacial score (nSPS) is 21.6. The summed E-state index contributed by atoms with van der Waals surface area (Å²) in [5.74, 6) is 1.15. The molecule has 1 unspecified atom stereocenters. The van der Waals surface area contributed by atoms with Crippen molar-refractivity contribution in [1.82, 2.24) is 9.80 Å². The zero-order valence-corrected chi connectivity index (χ0v) is 16.2. The molecule has 0 radical (unpaired) electrons. The van der Waals surface area contributed by atoms with Crippen LogP contribution in [0.5, 0.6) is 0 Å². The third kappa shape index (κ3) is 4.61. The number of guanidine groups is 1. The van der Waals surface area contributed by atoms with Crippen LogP contribution in [0.3, 0.4) is 0 Å². The number of amides is 1. The summed E-state index contributed by atoms with van der Waals surface area (Å²) < 4.78 is 0. The van der Waals surface area contributed by atoms with Gasteiger partial charge in [-0.3, -0.25) is 9.79 Å². The van der Waals surface area contributed by atoms with Gasteiger partial charge in [0.15, 0.2) is 5.96 Å². The Bertz CT molecular complexity index is 640. The number of benzene rings is 1. The molecule has 7 heteroatoms. The molecule has 142 valence electrons. The second-order valence-corrected chi connectivity index (χ2v) is 7.50. The summed E-state index contributed by atoms with van der Waals surface area (Å²) >= 11 is 5.96. The molecule has 1 aromatic carbocycles. The highest BCUT2D eigenvalue weighted by atomic mass is 35.5. The number of carbonyl (C=O) groups is 1. The molecule has 1 atom stereocenters. The van der Waals surface area contributed by atoms with Crippen LogP contribution in [-0.4, -0.2) is 67.5 Å². The minimum Gasteiger partial charge on any atom is -0.370 e. The van der Waals surface area contributed by atoms with Crippen LogP contribution in [0.25, 0.3) is 0 Å². The number of aliphatic imine (C=N–C) groups is 1. The van der Waals surface area contributed by atoms with Crippen molar-refractivity contribution >= 4 is 29.2 Å². The Hall–Kier alpha value is -1.95. The summed E-state index contributed by atoms with van der Waals surface area (Å²) in [7, 11) is 0. The molecule has 2 aliphatic heterocycles. The van der Waals surface area contributed by atoms with Crippen LogP contribution in [0.1, 0.15) is 19.8 Å². The van der Waals surface area contributed by atoms with E-state index >= 15 is 0 Å². The van der Waals surface area contributed by atoms with Gasteiger partial charge in [-0.25, -0.2) is 0 Å². The number of carbonyl (C=O) groups excluding carboxylic acids is 1. The molecule has 2 aliphatic rings. The van der Waals surface area contributed by atoms with E-state index in [0.717, 1.165) is 50.7 Å². The fraction of sp³-hybridized carbons (Fsp3) is 0.579. The number of likely N-dealkylation sites (tertiary alicyclic amines) is 1. The van der Waals surface area contributed by atoms with Crippen LogP contribution >= 0.6 is 11.6 Å². The van der Waals surface area contributed by atoms with E-state index in [1.54, 1.807) is 0 Å². The van der Waals surface area contributed by atoms with Gasteiger partial charge < -0.3 is 20.4 Å². The molecule has 0 aliphatic carbocycles. The van der Waals surface area contributed by atoms with Crippen LogP contribution < -0.4 is 10.6 Å². The number of halogens is 1. The average molecular weight is 378 g/mol. The molecule has 2 fully saturated rings. The first-order valence-corrected chi connectivity index (χ1v) is 9.77. The Morgan fingerprint density at radius 1 is 1.23 bits per heavy atom. The first-order chi connectivity index (χ1) is 12.6. The monoisotopic (exact) mass is 377 g/mol. The van der Waals surface area contributed by atoms with E-state index in [0.29, 0.717) is 24.8 Å². The van der Waals surface area contributed by atoms with Crippen molar-refractivity contribution in [3.8, 4) is 0 Å². The second kappa shape index (κ2) is 8.62. The van der Waals surface area contributed by atoms with Crippen molar-refractivity contribution in [2.75, 3.05) is 50.7 Å². The van der Waals surface area contributed by atoms with Gasteiger partial charge in [0.25, 0.3) is 0 Å². The van der Waals surface area contributed by atoms with E-state index in [1.807, 2.05) is 17.0 Å². The lowest BCUT2D eigenvalue weighted by Gasteiger charge is -2.36. The van der Waals surface area contributed by atoms with Crippen molar-refractivity contribution in [2.45, 2.75) is 19.8 Å². The lowest BCUT2D eigenvalue weighted by Crippen LogP contribution is -2.51. The highest BCUT2D eigenvalue weighted by Crippen LogP contribution is 2.20. The molecule has 6 nitrogen and oxygen atoms in total. The molecule has 2 N–H and O–H groups in total. The largest absolute Gasteiger partial charge is 0.370 e. The Balaban J connectivity index is 1.47. The van der Waals surface area contributed by atoms with E-state index < -0.39 is 0 Å². The summed E-state index contributed by atoms with van der Waals surface area (Å²) in [5.41, 5.74) is 7.39. The maximum absolute atomic E-state index is 11.9. The lowest BCUT2D eigenvalue weighted by atomic mass is 10.1. The van der Waals surface area contributed by atoms with Gasteiger partial charge in [-0.15, -0.1) is 0 Å². The molecule has 1 aromatic rings. The van der Waals surface area contributed by atoms with Gasteiger partial charge in [0.05, 0.1) is 0 Å². The second-order valence-electron chi connectivity index (χ2n) is 7.06. The highest BCUT2D eigenvalue weighted by Gasteiger charge is 2.28. The summed E-state index contributed by atoms with van der Waals surface area (Å²) in [6, 6.07) is 7.94. The predicted molar refractivity (Wildman–Crippen MR) is 107 cm³/mol. The lowest BCUT2D eigenvalue weighted by molar-refractivity contribution is -0.127. The molecule has 0 saturated carbocycles. The molecule has 3 rings (SSSR count). The number of nitrogens with zero attached hydrogens (tertiary/aromatic N) is 4. The third-order valence-electron chi connectivity index (χ3n) is 5.10. The van der Waals surface area contributed by atoms with E-state index in [-0.39, 0.29) is 5.91 Å². The van der Waals surface area contributed by atoms with E-state index in [2.05, 4.69) is 33.8 Å². The zero-order chi connectivity index (χ0) is 18.5. The molecular formula is C19H28ClN5O. The summed E-state index contributed by atoms with van der Waals surface area (Å²) in [5, 5.41) is 0.756. The van der Waals surface area contributed by atoms with Crippen molar-refractivity contribution in [1.29, 1.82) is 0 Å². The first-order valence-electron chi connectivity index (χ1n) is 9.40.